The fourth-order valence-electron chi connectivity index (χ4n) is 2.92. The van der Waals surface area contributed by atoms with E-state index in [1.807, 2.05) is 53.9 Å². The summed E-state index contributed by atoms with van der Waals surface area (Å²) in [4.78, 5) is 4.57. The van der Waals surface area contributed by atoms with Gasteiger partial charge in [0.25, 0.3) is 0 Å². The molecule has 168 valence electrons. The van der Waals surface area contributed by atoms with Crippen LogP contribution in [0, 0.1) is 0 Å². The van der Waals surface area contributed by atoms with Gasteiger partial charge in [0.05, 0.1) is 19.0 Å². The molecule has 4 aromatic rings. The number of methoxy groups -OCH3 is 1. The highest BCUT2D eigenvalue weighted by atomic mass is 79.9. The summed E-state index contributed by atoms with van der Waals surface area (Å²) in [6.07, 6.45) is 1.70. The van der Waals surface area contributed by atoms with Crippen molar-refractivity contribution in [3.8, 4) is 22.8 Å². The van der Waals surface area contributed by atoms with Gasteiger partial charge in [-0.3, -0.25) is 5.43 Å². The largest absolute Gasteiger partial charge is 0.493 e. The minimum atomic E-state index is 0.298. The standard InChI is InChI=1S/C24H18BrCl2N3O2S/c1-31-23-10-15(2-9-22(23)32-13-17-5-8-19(26)11-20(17)27)12-28-30-24-29-21(14-33-24)16-3-6-18(25)7-4-16/h2-12,14H,13H2,1H3,(H,29,30). The second kappa shape index (κ2) is 11.0. The molecule has 0 aliphatic carbocycles. The zero-order valence-corrected chi connectivity index (χ0v) is 21.3. The topological polar surface area (TPSA) is 55.7 Å². The Balaban J connectivity index is 1.39. The third kappa shape index (κ3) is 6.26. The lowest BCUT2D eigenvalue weighted by Gasteiger charge is -2.12. The molecule has 1 heterocycles. The molecule has 0 aliphatic heterocycles. The van der Waals surface area contributed by atoms with Gasteiger partial charge in [0.1, 0.15) is 6.61 Å². The Bertz CT molecular complexity index is 1280. The quantitative estimate of drug-likeness (QED) is 0.175. The number of benzene rings is 3. The molecule has 0 atom stereocenters. The molecule has 1 aromatic heterocycles. The molecular weight excluding hydrogens is 545 g/mol. The number of thiazole rings is 1. The Morgan fingerprint density at radius 3 is 2.64 bits per heavy atom. The van der Waals surface area contributed by atoms with E-state index >= 15 is 0 Å². The molecule has 0 saturated carbocycles. The van der Waals surface area contributed by atoms with Crippen LogP contribution < -0.4 is 14.9 Å². The molecule has 4 rings (SSSR count). The summed E-state index contributed by atoms with van der Waals surface area (Å²) in [6, 6.07) is 18.9. The van der Waals surface area contributed by atoms with Crippen LogP contribution >= 0.6 is 50.5 Å². The highest BCUT2D eigenvalue weighted by molar-refractivity contribution is 9.10. The number of rotatable bonds is 8. The van der Waals surface area contributed by atoms with Gasteiger partial charge in [0, 0.05) is 31.0 Å². The van der Waals surface area contributed by atoms with E-state index in [-0.39, 0.29) is 0 Å². The fourth-order valence-corrected chi connectivity index (χ4v) is 4.31. The maximum Gasteiger partial charge on any atom is 0.203 e. The van der Waals surface area contributed by atoms with Crippen LogP contribution in [0.25, 0.3) is 11.3 Å². The highest BCUT2D eigenvalue weighted by Crippen LogP contribution is 2.30. The average Bonchev–Trinajstić information content (AvgIpc) is 3.28. The summed E-state index contributed by atoms with van der Waals surface area (Å²) >= 11 is 17.1. The molecule has 0 radical (unpaired) electrons. The molecule has 0 fully saturated rings. The number of ether oxygens (including phenoxy) is 2. The lowest BCUT2D eigenvalue weighted by molar-refractivity contribution is 0.284. The van der Waals surface area contributed by atoms with Crippen molar-refractivity contribution in [3.05, 3.63) is 91.7 Å². The van der Waals surface area contributed by atoms with Gasteiger partial charge in [-0.25, -0.2) is 4.98 Å². The minimum Gasteiger partial charge on any atom is -0.493 e. The second-order valence-electron chi connectivity index (χ2n) is 6.85. The smallest absolute Gasteiger partial charge is 0.203 e. The predicted octanol–water partition coefficient (Wildman–Crippen LogP) is 7.91. The zero-order valence-electron chi connectivity index (χ0n) is 17.4. The van der Waals surface area contributed by atoms with E-state index in [0.29, 0.717) is 33.3 Å². The van der Waals surface area contributed by atoms with Crippen molar-refractivity contribution in [2.45, 2.75) is 6.61 Å². The number of aromatic nitrogens is 1. The van der Waals surface area contributed by atoms with Gasteiger partial charge < -0.3 is 9.47 Å². The Morgan fingerprint density at radius 2 is 1.88 bits per heavy atom. The maximum atomic E-state index is 6.22. The average molecular weight is 563 g/mol. The van der Waals surface area contributed by atoms with Crippen molar-refractivity contribution in [1.29, 1.82) is 0 Å². The Hall–Kier alpha value is -2.58. The fraction of sp³-hybridized carbons (Fsp3) is 0.0833. The van der Waals surface area contributed by atoms with E-state index in [1.165, 1.54) is 11.3 Å². The molecule has 0 spiro atoms. The zero-order chi connectivity index (χ0) is 23.2. The Morgan fingerprint density at radius 1 is 1.06 bits per heavy atom. The number of halogens is 3. The first-order valence-corrected chi connectivity index (χ1v) is 12.2. The van der Waals surface area contributed by atoms with Gasteiger partial charge in [0.2, 0.25) is 5.13 Å². The maximum absolute atomic E-state index is 6.22. The number of anilines is 1. The van der Waals surface area contributed by atoms with Gasteiger partial charge >= 0.3 is 0 Å². The lowest BCUT2D eigenvalue weighted by Crippen LogP contribution is -1.99. The van der Waals surface area contributed by atoms with Crippen LogP contribution in [-0.2, 0) is 6.61 Å². The summed E-state index contributed by atoms with van der Waals surface area (Å²) < 4.78 is 12.4. The van der Waals surface area contributed by atoms with Crippen LogP contribution in [0.5, 0.6) is 11.5 Å². The number of hydrogen-bond donors (Lipinski definition) is 1. The van der Waals surface area contributed by atoms with E-state index in [2.05, 4.69) is 31.4 Å². The second-order valence-corrected chi connectivity index (χ2v) is 9.47. The van der Waals surface area contributed by atoms with Crippen LogP contribution in [0.4, 0.5) is 5.13 Å². The normalized spacial score (nSPS) is 11.0. The molecular formula is C24H18BrCl2N3O2S. The van der Waals surface area contributed by atoms with Crippen molar-refractivity contribution in [1.82, 2.24) is 4.98 Å². The third-order valence-electron chi connectivity index (χ3n) is 4.60. The first kappa shape index (κ1) is 23.6. The molecule has 1 N–H and O–H groups in total. The highest BCUT2D eigenvalue weighted by Gasteiger charge is 2.08. The van der Waals surface area contributed by atoms with Gasteiger partial charge in [0.15, 0.2) is 11.5 Å². The monoisotopic (exact) mass is 561 g/mol. The van der Waals surface area contributed by atoms with E-state index in [1.54, 1.807) is 25.5 Å². The summed E-state index contributed by atoms with van der Waals surface area (Å²) in [6.45, 7) is 0.298. The number of nitrogens with zero attached hydrogens (tertiary/aromatic N) is 2. The van der Waals surface area contributed by atoms with Crippen LogP contribution in [-0.4, -0.2) is 18.3 Å². The molecule has 5 nitrogen and oxygen atoms in total. The van der Waals surface area contributed by atoms with Crippen molar-refractivity contribution in [2.75, 3.05) is 12.5 Å². The van der Waals surface area contributed by atoms with E-state index < -0.39 is 0 Å². The van der Waals surface area contributed by atoms with Crippen LogP contribution in [0.1, 0.15) is 11.1 Å². The molecule has 33 heavy (non-hydrogen) atoms. The molecule has 9 heteroatoms. The van der Waals surface area contributed by atoms with E-state index in [4.69, 9.17) is 32.7 Å². The summed E-state index contributed by atoms with van der Waals surface area (Å²) in [7, 11) is 1.59. The van der Waals surface area contributed by atoms with Gasteiger partial charge in [-0.15, -0.1) is 11.3 Å². The predicted molar refractivity (Wildman–Crippen MR) is 140 cm³/mol. The van der Waals surface area contributed by atoms with Crippen molar-refractivity contribution < 1.29 is 9.47 Å². The number of hydrogen-bond acceptors (Lipinski definition) is 6. The van der Waals surface area contributed by atoms with E-state index in [0.717, 1.165) is 26.9 Å². The van der Waals surface area contributed by atoms with Crippen molar-refractivity contribution >= 4 is 61.8 Å². The molecule has 0 amide bonds. The van der Waals surface area contributed by atoms with Crippen LogP contribution in [0.3, 0.4) is 0 Å². The SMILES string of the molecule is COc1cc(C=NNc2nc(-c3ccc(Br)cc3)cs2)ccc1OCc1ccc(Cl)cc1Cl. The molecule has 0 aliphatic rings. The first-order valence-electron chi connectivity index (χ1n) is 9.77. The number of hydrazone groups is 1. The van der Waals surface area contributed by atoms with Gasteiger partial charge in [-0.2, -0.15) is 5.10 Å². The molecule has 0 unspecified atom stereocenters. The first-order chi connectivity index (χ1) is 16.0. The van der Waals surface area contributed by atoms with Gasteiger partial charge in [-0.1, -0.05) is 57.3 Å². The molecule has 3 aromatic carbocycles. The Labute approximate surface area is 214 Å². The van der Waals surface area contributed by atoms with Gasteiger partial charge in [-0.05, 0) is 48.0 Å². The third-order valence-corrected chi connectivity index (χ3v) is 6.47. The van der Waals surface area contributed by atoms with Crippen molar-refractivity contribution in [3.63, 3.8) is 0 Å². The summed E-state index contributed by atoms with van der Waals surface area (Å²) in [5, 5.41) is 8.13. The lowest BCUT2D eigenvalue weighted by atomic mass is 10.2. The number of nitrogens with one attached hydrogen (secondary N) is 1. The minimum absolute atomic E-state index is 0.298. The molecule has 0 saturated heterocycles. The van der Waals surface area contributed by atoms with Crippen LogP contribution in [0.15, 0.2) is 75.6 Å². The summed E-state index contributed by atoms with van der Waals surface area (Å²) in [5.41, 5.74) is 6.60. The summed E-state index contributed by atoms with van der Waals surface area (Å²) in [5.74, 6) is 1.20. The van der Waals surface area contributed by atoms with Crippen molar-refractivity contribution in [2.24, 2.45) is 5.10 Å². The Kier molecular flexibility index (Phi) is 7.88. The van der Waals surface area contributed by atoms with Crippen LogP contribution in [0.2, 0.25) is 10.0 Å². The van der Waals surface area contributed by atoms with E-state index in [9.17, 15) is 0 Å². The molecule has 0 bridgehead atoms.